The van der Waals surface area contributed by atoms with Crippen molar-refractivity contribution >= 4 is 11.6 Å². The van der Waals surface area contributed by atoms with Gasteiger partial charge < -0.3 is 5.73 Å². The molecule has 1 heterocycles. The van der Waals surface area contributed by atoms with Crippen LogP contribution in [-0.4, -0.2) is 10.8 Å². The van der Waals surface area contributed by atoms with E-state index in [-0.39, 0.29) is 11.7 Å². The van der Waals surface area contributed by atoms with E-state index < -0.39 is 0 Å². The predicted molar refractivity (Wildman–Crippen MR) is 54.9 cm³/mol. The molecule has 0 atom stereocenters. The predicted octanol–water partition coefficient (Wildman–Crippen LogP) is 2.04. The third-order valence-corrected chi connectivity index (χ3v) is 2.83. The molecule has 1 aromatic heterocycles. The van der Waals surface area contributed by atoms with E-state index in [2.05, 4.69) is 4.98 Å². The number of Topliss-reactive ketones (excluding diaryl/α,β-unsaturated/α-hetero) is 1. The molecule has 14 heavy (non-hydrogen) atoms. The molecule has 0 bridgehead atoms. The molecule has 0 spiro atoms. The number of nitrogen functional groups attached to an aromatic ring is 1. The summed E-state index contributed by atoms with van der Waals surface area (Å²) in [6.07, 6.45) is 5.95. The summed E-state index contributed by atoms with van der Waals surface area (Å²) in [6.45, 7) is 0. The first-order valence-electron chi connectivity index (χ1n) is 5.04. The molecule has 2 rings (SSSR count). The highest BCUT2D eigenvalue weighted by Gasteiger charge is 2.25. The number of nitrogens with zero attached hydrogens (tertiary/aromatic N) is 1. The van der Waals surface area contributed by atoms with Crippen LogP contribution in [0.2, 0.25) is 0 Å². The van der Waals surface area contributed by atoms with Crippen molar-refractivity contribution < 1.29 is 4.79 Å². The Bertz CT molecular complexity index is 343. The van der Waals surface area contributed by atoms with Gasteiger partial charge in [0.25, 0.3) is 0 Å². The first-order valence-corrected chi connectivity index (χ1v) is 5.04. The summed E-state index contributed by atoms with van der Waals surface area (Å²) in [7, 11) is 0. The minimum Gasteiger partial charge on any atom is -0.383 e. The van der Waals surface area contributed by atoms with Crippen LogP contribution < -0.4 is 5.73 Å². The Labute approximate surface area is 83.3 Å². The summed E-state index contributed by atoms with van der Waals surface area (Å²) in [5, 5.41) is 0. The molecule has 74 valence electrons. The number of pyridine rings is 1. The number of nitrogens with two attached hydrogens (primary N) is 1. The van der Waals surface area contributed by atoms with Gasteiger partial charge in [0.2, 0.25) is 0 Å². The molecular formula is C11H14N2O. The van der Waals surface area contributed by atoms with Crippen LogP contribution in [0, 0.1) is 5.92 Å². The van der Waals surface area contributed by atoms with Gasteiger partial charge in [-0.2, -0.15) is 0 Å². The van der Waals surface area contributed by atoms with Crippen LogP contribution in [0.4, 0.5) is 5.82 Å². The highest BCUT2D eigenvalue weighted by atomic mass is 16.1. The van der Waals surface area contributed by atoms with Gasteiger partial charge in [-0.15, -0.1) is 0 Å². The van der Waals surface area contributed by atoms with E-state index in [1.54, 1.807) is 18.3 Å². The van der Waals surface area contributed by atoms with E-state index in [1.807, 2.05) is 0 Å². The maximum Gasteiger partial charge on any atom is 0.169 e. The van der Waals surface area contributed by atoms with E-state index in [0.717, 1.165) is 25.7 Å². The van der Waals surface area contributed by atoms with E-state index in [0.29, 0.717) is 11.4 Å². The van der Waals surface area contributed by atoms with Crippen molar-refractivity contribution in [3.63, 3.8) is 0 Å². The molecule has 1 aliphatic rings. The minimum atomic E-state index is 0.174. The Kier molecular flexibility index (Phi) is 2.48. The van der Waals surface area contributed by atoms with Crippen molar-refractivity contribution in [2.75, 3.05) is 5.73 Å². The lowest BCUT2D eigenvalue weighted by molar-refractivity contribution is 0.0923. The fourth-order valence-corrected chi connectivity index (χ4v) is 2.03. The standard InChI is InChI=1S/C11H14N2O/c12-11-9(6-3-7-13-11)10(14)8-4-1-2-5-8/h3,6-8H,1-2,4-5H2,(H2,12,13). The number of rotatable bonds is 2. The van der Waals surface area contributed by atoms with E-state index in [4.69, 9.17) is 5.73 Å². The monoisotopic (exact) mass is 190 g/mol. The Balaban J connectivity index is 2.22. The zero-order chi connectivity index (χ0) is 9.97. The van der Waals surface area contributed by atoms with Gasteiger partial charge in [0.15, 0.2) is 5.78 Å². The molecule has 0 aromatic carbocycles. The first-order chi connectivity index (χ1) is 6.79. The second-order valence-corrected chi connectivity index (χ2v) is 3.78. The lowest BCUT2D eigenvalue weighted by Gasteiger charge is -2.08. The average molecular weight is 190 g/mol. The van der Waals surface area contributed by atoms with Gasteiger partial charge in [0, 0.05) is 12.1 Å². The minimum absolute atomic E-state index is 0.174. The van der Waals surface area contributed by atoms with Crippen LogP contribution in [0.1, 0.15) is 36.0 Å². The number of hydrogen-bond acceptors (Lipinski definition) is 3. The molecule has 0 amide bonds. The third kappa shape index (κ3) is 1.62. The van der Waals surface area contributed by atoms with E-state index >= 15 is 0 Å². The van der Waals surface area contributed by atoms with E-state index in [9.17, 15) is 4.79 Å². The maximum absolute atomic E-state index is 11.9. The van der Waals surface area contributed by atoms with Crippen molar-refractivity contribution in [2.24, 2.45) is 5.92 Å². The summed E-state index contributed by atoms with van der Waals surface area (Å²) in [6, 6.07) is 3.53. The van der Waals surface area contributed by atoms with Crippen LogP contribution in [-0.2, 0) is 0 Å². The molecular weight excluding hydrogens is 176 g/mol. The molecule has 0 aliphatic heterocycles. The number of ketones is 1. The summed E-state index contributed by atoms with van der Waals surface area (Å²) in [5.74, 6) is 0.721. The summed E-state index contributed by atoms with van der Waals surface area (Å²) >= 11 is 0. The zero-order valence-corrected chi connectivity index (χ0v) is 8.07. The molecule has 2 N–H and O–H groups in total. The summed E-state index contributed by atoms with van der Waals surface area (Å²) in [4.78, 5) is 15.9. The average Bonchev–Trinajstić information content (AvgIpc) is 2.70. The number of anilines is 1. The zero-order valence-electron chi connectivity index (χ0n) is 8.07. The van der Waals surface area contributed by atoms with Gasteiger partial charge >= 0.3 is 0 Å². The van der Waals surface area contributed by atoms with Gasteiger partial charge in [-0.3, -0.25) is 4.79 Å². The SMILES string of the molecule is Nc1ncccc1C(=O)C1CCCC1. The number of aromatic nitrogens is 1. The first kappa shape index (κ1) is 9.19. The fraction of sp³-hybridized carbons (Fsp3) is 0.455. The van der Waals surface area contributed by atoms with E-state index in [1.165, 1.54) is 0 Å². The molecule has 1 aromatic rings. The molecule has 1 aliphatic carbocycles. The Morgan fingerprint density at radius 1 is 1.43 bits per heavy atom. The van der Waals surface area contributed by atoms with Crippen LogP contribution in [0.25, 0.3) is 0 Å². The van der Waals surface area contributed by atoms with Gasteiger partial charge in [0.05, 0.1) is 5.56 Å². The normalized spacial score (nSPS) is 17.1. The van der Waals surface area contributed by atoms with Crippen LogP contribution in [0.5, 0.6) is 0 Å². The molecule has 3 nitrogen and oxygen atoms in total. The topological polar surface area (TPSA) is 56.0 Å². The van der Waals surface area contributed by atoms with Crippen LogP contribution in [0.3, 0.4) is 0 Å². The van der Waals surface area contributed by atoms with Gasteiger partial charge in [-0.1, -0.05) is 12.8 Å². The Hall–Kier alpha value is -1.38. The molecule has 0 saturated heterocycles. The largest absolute Gasteiger partial charge is 0.383 e. The van der Waals surface area contributed by atoms with Crippen molar-refractivity contribution in [1.82, 2.24) is 4.98 Å². The van der Waals surface area contributed by atoms with Crippen molar-refractivity contribution in [3.05, 3.63) is 23.9 Å². The molecule has 0 unspecified atom stereocenters. The van der Waals surface area contributed by atoms with Gasteiger partial charge in [-0.05, 0) is 25.0 Å². The Morgan fingerprint density at radius 2 is 2.14 bits per heavy atom. The van der Waals surface area contributed by atoms with Gasteiger partial charge in [-0.25, -0.2) is 4.98 Å². The quantitative estimate of drug-likeness (QED) is 0.726. The lowest BCUT2D eigenvalue weighted by atomic mass is 9.97. The van der Waals surface area contributed by atoms with Crippen molar-refractivity contribution in [1.29, 1.82) is 0 Å². The van der Waals surface area contributed by atoms with Crippen LogP contribution >= 0.6 is 0 Å². The number of carbonyl (C=O) groups is 1. The summed E-state index contributed by atoms with van der Waals surface area (Å²) in [5.41, 5.74) is 6.25. The highest BCUT2D eigenvalue weighted by molar-refractivity contribution is 6.01. The Morgan fingerprint density at radius 3 is 2.79 bits per heavy atom. The fourth-order valence-electron chi connectivity index (χ4n) is 2.03. The smallest absolute Gasteiger partial charge is 0.169 e. The van der Waals surface area contributed by atoms with Crippen molar-refractivity contribution in [3.8, 4) is 0 Å². The second kappa shape index (κ2) is 3.78. The highest BCUT2D eigenvalue weighted by Crippen LogP contribution is 2.28. The summed E-state index contributed by atoms with van der Waals surface area (Å²) < 4.78 is 0. The third-order valence-electron chi connectivity index (χ3n) is 2.83. The molecule has 1 saturated carbocycles. The number of carbonyl (C=O) groups excluding carboxylic acids is 1. The molecule has 1 fully saturated rings. The van der Waals surface area contributed by atoms with Crippen molar-refractivity contribution in [2.45, 2.75) is 25.7 Å². The molecule has 3 heteroatoms. The second-order valence-electron chi connectivity index (χ2n) is 3.78. The van der Waals surface area contributed by atoms with Crippen LogP contribution in [0.15, 0.2) is 18.3 Å². The molecule has 0 radical (unpaired) electrons. The number of hydrogen-bond donors (Lipinski definition) is 1. The van der Waals surface area contributed by atoms with Gasteiger partial charge in [0.1, 0.15) is 5.82 Å². The lowest BCUT2D eigenvalue weighted by Crippen LogP contribution is -2.13. The maximum atomic E-state index is 11.9.